The summed E-state index contributed by atoms with van der Waals surface area (Å²) in [7, 11) is 1.61. The molecular formula is C13H15N3O2S. The van der Waals surface area contributed by atoms with Crippen LogP contribution in [-0.4, -0.2) is 18.0 Å². The average molecular weight is 277 g/mol. The number of carbonyl (C=O) groups excluding carboxylic acids is 1. The first-order chi connectivity index (χ1) is 9.17. The topological polar surface area (TPSA) is 77.2 Å². The third-order valence-electron chi connectivity index (χ3n) is 2.56. The summed E-state index contributed by atoms with van der Waals surface area (Å²) in [6.45, 7) is 0.405. The highest BCUT2D eigenvalue weighted by Gasteiger charge is 2.05. The zero-order valence-electron chi connectivity index (χ0n) is 10.6. The largest absolute Gasteiger partial charge is 0.497 e. The Balaban J connectivity index is 1.83. The molecule has 0 aliphatic rings. The van der Waals surface area contributed by atoms with Gasteiger partial charge in [-0.15, -0.1) is 11.3 Å². The number of nitrogens with two attached hydrogens (primary N) is 1. The molecule has 0 saturated heterocycles. The summed E-state index contributed by atoms with van der Waals surface area (Å²) in [5, 5.41) is 5.16. The lowest BCUT2D eigenvalue weighted by molar-refractivity contribution is -0.120. The molecule has 3 N–H and O–H groups in total. The molecule has 100 valence electrons. The van der Waals surface area contributed by atoms with Crippen molar-refractivity contribution in [2.45, 2.75) is 13.0 Å². The van der Waals surface area contributed by atoms with E-state index >= 15 is 0 Å². The van der Waals surface area contributed by atoms with Crippen molar-refractivity contribution < 1.29 is 9.53 Å². The number of rotatable bonds is 5. The van der Waals surface area contributed by atoms with E-state index in [1.54, 1.807) is 7.11 Å². The number of nitrogen functional groups attached to an aromatic ring is 1. The van der Waals surface area contributed by atoms with Crippen LogP contribution in [0.4, 0.5) is 5.13 Å². The second-order valence-corrected chi connectivity index (χ2v) is 4.87. The van der Waals surface area contributed by atoms with Gasteiger partial charge in [0.15, 0.2) is 5.13 Å². The number of thiazole rings is 1. The van der Waals surface area contributed by atoms with E-state index in [1.807, 2.05) is 29.6 Å². The molecule has 2 rings (SSSR count). The highest BCUT2D eigenvalue weighted by Crippen LogP contribution is 2.12. The average Bonchev–Trinajstić information content (AvgIpc) is 2.83. The molecule has 1 aromatic carbocycles. The predicted molar refractivity (Wildman–Crippen MR) is 75.1 cm³/mol. The van der Waals surface area contributed by atoms with Crippen molar-refractivity contribution in [1.82, 2.24) is 10.3 Å². The van der Waals surface area contributed by atoms with Gasteiger partial charge in [-0.25, -0.2) is 4.98 Å². The summed E-state index contributed by atoms with van der Waals surface area (Å²) in [4.78, 5) is 15.8. The van der Waals surface area contributed by atoms with Crippen LogP contribution in [-0.2, 0) is 17.8 Å². The van der Waals surface area contributed by atoms with Gasteiger partial charge in [0.25, 0.3) is 0 Å². The summed E-state index contributed by atoms with van der Waals surface area (Å²) in [6.07, 6.45) is 0.337. The van der Waals surface area contributed by atoms with E-state index in [2.05, 4.69) is 10.3 Å². The zero-order valence-corrected chi connectivity index (χ0v) is 11.4. The second kappa shape index (κ2) is 6.19. The first kappa shape index (κ1) is 13.4. The number of hydrogen-bond donors (Lipinski definition) is 2. The fraction of sp³-hybridized carbons (Fsp3) is 0.231. The summed E-state index contributed by atoms with van der Waals surface area (Å²) >= 11 is 1.37. The molecule has 0 aliphatic carbocycles. The number of aromatic nitrogens is 1. The predicted octanol–water partition coefficient (Wildman–Crippen LogP) is 1.59. The van der Waals surface area contributed by atoms with E-state index in [0.717, 1.165) is 17.0 Å². The first-order valence-corrected chi connectivity index (χ1v) is 6.65. The highest BCUT2D eigenvalue weighted by molar-refractivity contribution is 7.13. The fourth-order valence-corrected chi connectivity index (χ4v) is 2.15. The van der Waals surface area contributed by atoms with Gasteiger partial charge in [0.05, 0.1) is 25.8 Å². The van der Waals surface area contributed by atoms with Crippen molar-refractivity contribution in [3.63, 3.8) is 0 Å². The minimum Gasteiger partial charge on any atom is -0.497 e. The molecule has 1 aromatic heterocycles. The minimum absolute atomic E-state index is 0.0447. The molecule has 5 nitrogen and oxygen atoms in total. The quantitative estimate of drug-likeness (QED) is 0.870. The van der Waals surface area contributed by atoms with E-state index in [0.29, 0.717) is 18.1 Å². The number of hydrogen-bond acceptors (Lipinski definition) is 5. The number of nitrogens with zero attached hydrogens (tertiary/aromatic N) is 1. The molecule has 0 fully saturated rings. The minimum atomic E-state index is -0.0447. The molecule has 19 heavy (non-hydrogen) atoms. The van der Waals surface area contributed by atoms with Gasteiger partial charge in [0, 0.05) is 5.38 Å². The van der Waals surface area contributed by atoms with Crippen LogP contribution >= 0.6 is 11.3 Å². The number of anilines is 1. The Kier molecular flexibility index (Phi) is 4.35. The smallest absolute Gasteiger partial charge is 0.224 e. The van der Waals surface area contributed by atoms with Gasteiger partial charge in [0.2, 0.25) is 5.91 Å². The van der Waals surface area contributed by atoms with Gasteiger partial charge < -0.3 is 15.8 Å². The maximum atomic E-state index is 11.7. The molecule has 2 aromatic rings. The van der Waals surface area contributed by atoms with Crippen molar-refractivity contribution in [3.05, 3.63) is 40.9 Å². The van der Waals surface area contributed by atoms with Crippen LogP contribution in [0.25, 0.3) is 0 Å². The molecule has 0 atom stereocenters. The van der Waals surface area contributed by atoms with Crippen LogP contribution in [0, 0.1) is 0 Å². The number of ether oxygens (including phenoxy) is 1. The van der Waals surface area contributed by atoms with Crippen LogP contribution in [0.1, 0.15) is 11.3 Å². The molecule has 0 unspecified atom stereocenters. The molecule has 0 aliphatic heterocycles. The Bertz CT molecular complexity index is 551. The first-order valence-electron chi connectivity index (χ1n) is 5.77. The second-order valence-electron chi connectivity index (χ2n) is 3.98. The molecule has 0 radical (unpaired) electrons. The molecule has 1 heterocycles. The Morgan fingerprint density at radius 3 is 2.74 bits per heavy atom. The molecular weight excluding hydrogens is 262 g/mol. The normalized spacial score (nSPS) is 10.2. The molecule has 1 amide bonds. The summed E-state index contributed by atoms with van der Waals surface area (Å²) in [6, 6.07) is 7.42. The van der Waals surface area contributed by atoms with Gasteiger partial charge in [0.1, 0.15) is 5.75 Å². The number of carbonyl (C=O) groups is 1. The Morgan fingerprint density at radius 1 is 1.42 bits per heavy atom. The highest BCUT2D eigenvalue weighted by atomic mass is 32.1. The monoisotopic (exact) mass is 277 g/mol. The van der Waals surface area contributed by atoms with Crippen molar-refractivity contribution in [1.29, 1.82) is 0 Å². The summed E-state index contributed by atoms with van der Waals surface area (Å²) in [5.74, 6) is 0.735. The fourth-order valence-electron chi connectivity index (χ4n) is 1.58. The lowest BCUT2D eigenvalue weighted by atomic mass is 10.1. The van der Waals surface area contributed by atoms with E-state index in [-0.39, 0.29) is 5.91 Å². The number of benzene rings is 1. The summed E-state index contributed by atoms with van der Waals surface area (Å²) < 4.78 is 5.06. The van der Waals surface area contributed by atoms with E-state index in [9.17, 15) is 4.79 Å². The standard InChI is InChI=1S/C13H15N3O2S/c1-18-11-4-2-9(3-5-11)6-12(17)15-7-10-8-19-13(14)16-10/h2-5,8H,6-7H2,1H3,(H2,14,16)(H,15,17). The van der Waals surface area contributed by atoms with Gasteiger partial charge in [-0.2, -0.15) is 0 Å². The van der Waals surface area contributed by atoms with E-state index in [1.165, 1.54) is 11.3 Å². The summed E-state index contributed by atoms with van der Waals surface area (Å²) in [5.41, 5.74) is 7.24. The van der Waals surface area contributed by atoms with Crippen LogP contribution in [0.5, 0.6) is 5.75 Å². The van der Waals surface area contributed by atoms with Crippen LogP contribution in [0.3, 0.4) is 0 Å². The number of methoxy groups -OCH3 is 1. The van der Waals surface area contributed by atoms with Crippen LogP contribution in [0.15, 0.2) is 29.6 Å². The van der Waals surface area contributed by atoms with Crippen molar-refractivity contribution in [2.75, 3.05) is 12.8 Å². The Hall–Kier alpha value is -2.08. The van der Waals surface area contributed by atoms with E-state index < -0.39 is 0 Å². The lowest BCUT2D eigenvalue weighted by Crippen LogP contribution is -2.24. The maximum absolute atomic E-state index is 11.7. The van der Waals surface area contributed by atoms with Gasteiger partial charge >= 0.3 is 0 Å². The Labute approximate surface area is 115 Å². The molecule has 0 bridgehead atoms. The Morgan fingerprint density at radius 2 is 2.16 bits per heavy atom. The van der Waals surface area contributed by atoms with E-state index in [4.69, 9.17) is 10.5 Å². The third kappa shape index (κ3) is 3.96. The van der Waals surface area contributed by atoms with Crippen molar-refractivity contribution >= 4 is 22.4 Å². The van der Waals surface area contributed by atoms with Crippen molar-refractivity contribution in [2.24, 2.45) is 0 Å². The van der Waals surface area contributed by atoms with Gasteiger partial charge in [-0.3, -0.25) is 4.79 Å². The van der Waals surface area contributed by atoms with Gasteiger partial charge in [-0.05, 0) is 17.7 Å². The third-order valence-corrected chi connectivity index (χ3v) is 3.28. The lowest BCUT2D eigenvalue weighted by Gasteiger charge is -2.04. The van der Waals surface area contributed by atoms with Gasteiger partial charge in [-0.1, -0.05) is 12.1 Å². The van der Waals surface area contributed by atoms with Crippen LogP contribution < -0.4 is 15.8 Å². The molecule has 6 heteroatoms. The SMILES string of the molecule is COc1ccc(CC(=O)NCc2csc(N)n2)cc1. The van der Waals surface area contributed by atoms with Crippen molar-refractivity contribution in [3.8, 4) is 5.75 Å². The molecule has 0 spiro atoms. The zero-order chi connectivity index (χ0) is 13.7. The molecule has 0 saturated carbocycles. The maximum Gasteiger partial charge on any atom is 0.224 e. The number of nitrogens with one attached hydrogen (secondary N) is 1. The number of amides is 1. The van der Waals surface area contributed by atoms with Crippen LogP contribution in [0.2, 0.25) is 0 Å².